The molecule has 1 N–H and O–H groups in total. The summed E-state index contributed by atoms with van der Waals surface area (Å²) in [5, 5.41) is 4.63. The Hall–Kier alpha value is -2.14. The van der Waals surface area contributed by atoms with Crippen LogP contribution >= 0.6 is 11.3 Å². The van der Waals surface area contributed by atoms with E-state index in [0.717, 1.165) is 31.6 Å². The van der Waals surface area contributed by atoms with Crippen molar-refractivity contribution in [3.05, 3.63) is 52.2 Å². The van der Waals surface area contributed by atoms with Crippen molar-refractivity contribution in [1.29, 1.82) is 0 Å². The van der Waals surface area contributed by atoms with Gasteiger partial charge in [-0.2, -0.15) is 0 Å². The molecule has 1 aliphatic heterocycles. The highest BCUT2D eigenvalue weighted by Gasteiger charge is 2.25. The molecule has 1 saturated heterocycles. The maximum absolute atomic E-state index is 12.4. The van der Waals surface area contributed by atoms with E-state index in [2.05, 4.69) is 5.32 Å². The molecular weight excluding hydrogens is 284 g/mol. The molecule has 1 aliphatic rings. The van der Waals surface area contributed by atoms with Crippen LogP contribution in [0.5, 0.6) is 0 Å². The van der Waals surface area contributed by atoms with E-state index >= 15 is 0 Å². The minimum Gasteiger partial charge on any atom is -0.339 e. The van der Waals surface area contributed by atoms with Gasteiger partial charge >= 0.3 is 0 Å². The standard InChI is InChI=1S/C16H16N2O2S/c19-15(17-12-6-2-1-3-7-12)14-13(8-11-21-14)16(20)18-9-4-5-10-18/h1-3,6-8,11H,4-5,9-10H2,(H,17,19). The van der Waals surface area contributed by atoms with E-state index in [1.165, 1.54) is 11.3 Å². The number of nitrogens with one attached hydrogen (secondary N) is 1. The van der Waals surface area contributed by atoms with Gasteiger partial charge in [-0.05, 0) is 36.4 Å². The molecule has 2 aromatic rings. The first-order valence-electron chi connectivity index (χ1n) is 6.99. The lowest BCUT2D eigenvalue weighted by molar-refractivity contribution is 0.0788. The number of hydrogen-bond donors (Lipinski definition) is 1. The Morgan fingerprint density at radius 1 is 1.05 bits per heavy atom. The van der Waals surface area contributed by atoms with Crippen molar-refractivity contribution in [2.45, 2.75) is 12.8 Å². The molecule has 0 atom stereocenters. The SMILES string of the molecule is O=C(Nc1ccccc1)c1sccc1C(=O)N1CCCC1. The Bertz CT molecular complexity index is 645. The lowest BCUT2D eigenvalue weighted by Gasteiger charge is -2.15. The Labute approximate surface area is 127 Å². The summed E-state index contributed by atoms with van der Waals surface area (Å²) in [6.45, 7) is 1.57. The summed E-state index contributed by atoms with van der Waals surface area (Å²) in [5.74, 6) is -0.259. The van der Waals surface area contributed by atoms with Gasteiger partial charge in [0.05, 0.1) is 5.56 Å². The van der Waals surface area contributed by atoms with Gasteiger partial charge in [0.2, 0.25) is 0 Å². The first kappa shape index (κ1) is 13.8. The van der Waals surface area contributed by atoms with E-state index in [4.69, 9.17) is 0 Å². The van der Waals surface area contributed by atoms with Crippen LogP contribution in [0.2, 0.25) is 0 Å². The average Bonchev–Trinajstić information content (AvgIpc) is 3.19. The second-order valence-corrected chi connectivity index (χ2v) is 5.90. The van der Waals surface area contributed by atoms with Crippen molar-refractivity contribution < 1.29 is 9.59 Å². The third-order valence-corrected chi connectivity index (χ3v) is 4.44. The zero-order valence-corrected chi connectivity index (χ0v) is 12.4. The fourth-order valence-corrected chi connectivity index (χ4v) is 3.23. The highest BCUT2D eigenvalue weighted by Crippen LogP contribution is 2.22. The molecule has 3 rings (SSSR count). The molecule has 0 bridgehead atoms. The van der Waals surface area contributed by atoms with Crippen LogP contribution in [0.1, 0.15) is 32.9 Å². The zero-order chi connectivity index (χ0) is 14.7. The topological polar surface area (TPSA) is 49.4 Å². The van der Waals surface area contributed by atoms with Crippen LogP contribution in [0.3, 0.4) is 0 Å². The number of para-hydroxylation sites is 1. The maximum atomic E-state index is 12.4. The Balaban J connectivity index is 1.78. The molecule has 1 aromatic heterocycles. The molecule has 4 nitrogen and oxygen atoms in total. The molecule has 0 spiro atoms. The first-order chi connectivity index (χ1) is 10.3. The van der Waals surface area contributed by atoms with Crippen LogP contribution < -0.4 is 5.32 Å². The molecule has 21 heavy (non-hydrogen) atoms. The first-order valence-corrected chi connectivity index (χ1v) is 7.87. The molecule has 1 fully saturated rings. The van der Waals surface area contributed by atoms with Crippen LogP contribution in [-0.2, 0) is 0 Å². The Morgan fingerprint density at radius 3 is 2.48 bits per heavy atom. The minimum atomic E-state index is -0.223. The fourth-order valence-electron chi connectivity index (χ4n) is 2.45. The van der Waals surface area contributed by atoms with Crippen LogP contribution in [0.25, 0.3) is 0 Å². The largest absolute Gasteiger partial charge is 0.339 e. The van der Waals surface area contributed by atoms with Crippen molar-refractivity contribution in [3.63, 3.8) is 0 Å². The maximum Gasteiger partial charge on any atom is 0.266 e. The average molecular weight is 300 g/mol. The van der Waals surface area contributed by atoms with Gasteiger partial charge in [0.1, 0.15) is 4.88 Å². The van der Waals surface area contributed by atoms with E-state index in [1.54, 1.807) is 11.4 Å². The number of benzene rings is 1. The summed E-state index contributed by atoms with van der Waals surface area (Å²) < 4.78 is 0. The van der Waals surface area contributed by atoms with Crippen LogP contribution in [0.15, 0.2) is 41.8 Å². The normalized spacial score (nSPS) is 14.2. The lowest BCUT2D eigenvalue weighted by atomic mass is 10.2. The van der Waals surface area contributed by atoms with Crippen LogP contribution in [0, 0.1) is 0 Å². The van der Waals surface area contributed by atoms with Gasteiger partial charge in [0, 0.05) is 18.8 Å². The number of amides is 2. The molecule has 0 aliphatic carbocycles. The quantitative estimate of drug-likeness (QED) is 0.946. The van der Waals surface area contributed by atoms with Gasteiger partial charge in [0.15, 0.2) is 0 Å². The number of nitrogens with zero attached hydrogens (tertiary/aromatic N) is 1. The van der Waals surface area contributed by atoms with E-state index in [9.17, 15) is 9.59 Å². The van der Waals surface area contributed by atoms with E-state index in [-0.39, 0.29) is 11.8 Å². The van der Waals surface area contributed by atoms with Crippen molar-refractivity contribution >= 4 is 28.8 Å². The van der Waals surface area contributed by atoms with E-state index in [0.29, 0.717) is 10.4 Å². The third-order valence-electron chi connectivity index (χ3n) is 3.53. The highest BCUT2D eigenvalue weighted by molar-refractivity contribution is 7.12. The smallest absolute Gasteiger partial charge is 0.266 e. The number of rotatable bonds is 3. The van der Waals surface area contributed by atoms with Gasteiger partial charge in [-0.3, -0.25) is 9.59 Å². The van der Waals surface area contributed by atoms with Crippen molar-refractivity contribution in [2.75, 3.05) is 18.4 Å². The van der Waals surface area contributed by atoms with Gasteiger partial charge in [-0.25, -0.2) is 0 Å². The molecule has 5 heteroatoms. The van der Waals surface area contributed by atoms with Gasteiger partial charge in [-0.15, -0.1) is 11.3 Å². The van der Waals surface area contributed by atoms with Crippen LogP contribution in [-0.4, -0.2) is 29.8 Å². The number of carbonyl (C=O) groups is 2. The molecule has 108 valence electrons. The Kier molecular flexibility index (Phi) is 4.01. The van der Waals surface area contributed by atoms with E-state index < -0.39 is 0 Å². The molecule has 0 radical (unpaired) electrons. The molecule has 1 aromatic carbocycles. The summed E-state index contributed by atoms with van der Waals surface area (Å²) in [6.07, 6.45) is 2.09. The summed E-state index contributed by atoms with van der Waals surface area (Å²) in [5.41, 5.74) is 1.24. The molecule has 0 saturated carbocycles. The molecule has 0 unspecified atom stereocenters. The summed E-state index contributed by atoms with van der Waals surface area (Å²) in [6, 6.07) is 11.0. The van der Waals surface area contributed by atoms with Gasteiger partial charge in [-0.1, -0.05) is 18.2 Å². The van der Waals surface area contributed by atoms with Crippen molar-refractivity contribution in [2.24, 2.45) is 0 Å². The molecule has 2 amide bonds. The van der Waals surface area contributed by atoms with Crippen LogP contribution in [0.4, 0.5) is 5.69 Å². The number of anilines is 1. The zero-order valence-electron chi connectivity index (χ0n) is 11.5. The number of thiophene rings is 1. The molecular formula is C16H16N2O2S. The second-order valence-electron chi connectivity index (χ2n) is 4.98. The predicted octanol–water partition coefficient (Wildman–Crippen LogP) is 3.24. The lowest BCUT2D eigenvalue weighted by Crippen LogP contribution is -2.29. The monoisotopic (exact) mass is 300 g/mol. The third kappa shape index (κ3) is 2.97. The second kappa shape index (κ2) is 6.10. The predicted molar refractivity (Wildman–Crippen MR) is 83.9 cm³/mol. The summed E-state index contributed by atoms with van der Waals surface area (Å²) >= 11 is 1.30. The fraction of sp³-hybridized carbons (Fsp3) is 0.250. The Morgan fingerprint density at radius 2 is 1.76 bits per heavy atom. The number of carbonyl (C=O) groups excluding carboxylic acids is 2. The highest BCUT2D eigenvalue weighted by atomic mass is 32.1. The number of hydrogen-bond acceptors (Lipinski definition) is 3. The van der Waals surface area contributed by atoms with Gasteiger partial charge < -0.3 is 10.2 Å². The minimum absolute atomic E-state index is 0.0352. The van der Waals surface area contributed by atoms with Crippen molar-refractivity contribution in [1.82, 2.24) is 4.90 Å². The van der Waals surface area contributed by atoms with E-state index in [1.807, 2.05) is 35.2 Å². The summed E-state index contributed by atoms with van der Waals surface area (Å²) in [4.78, 5) is 27.1. The van der Waals surface area contributed by atoms with Crippen molar-refractivity contribution in [3.8, 4) is 0 Å². The summed E-state index contributed by atoms with van der Waals surface area (Å²) in [7, 11) is 0. The molecule has 2 heterocycles. The van der Waals surface area contributed by atoms with Gasteiger partial charge in [0.25, 0.3) is 11.8 Å². The number of likely N-dealkylation sites (tertiary alicyclic amines) is 1.